The van der Waals surface area contributed by atoms with E-state index in [1.165, 1.54) is 0 Å². The van der Waals surface area contributed by atoms with E-state index in [1.54, 1.807) is 11.8 Å². The molecule has 1 atom stereocenters. The van der Waals surface area contributed by atoms with E-state index in [2.05, 4.69) is 39.2 Å². The van der Waals surface area contributed by atoms with Gasteiger partial charge in [-0.25, -0.2) is 0 Å². The summed E-state index contributed by atoms with van der Waals surface area (Å²) < 4.78 is 1.09. The summed E-state index contributed by atoms with van der Waals surface area (Å²) in [6.45, 7) is 2.18. The normalized spacial score (nSPS) is 20.1. The maximum Gasteiger partial charge on any atom is 0.161 e. The van der Waals surface area contributed by atoms with Crippen LogP contribution in [0, 0.1) is 0 Å². The van der Waals surface area contributed by atoms with Gasteiger partial charge < -0.3 is 5.32 Å². The van der Waals surface area contributed by atoms with E-state index in [9.17, 15) is 0 Å². The Morgan fingerprint density at radius 1 is 1.60 bits per heavy atom. The molecule has 0 bridgehead atoms. The van der Waals surface area contributed by atoms with Crippen molar-refractivity contribution in [2.24, 2.45) is 4.99 Å². The Labute approximate surface area is 103 Å². The van der Waals surface area contributed by atoms with Gasteiger partial charge in [0.2, 0.25) is 0 Å². The van der Waals surface area contributed by atoms with Crippen molar-refractivity contribution in [1.29, 1.82) is 0 Å². The lowest BCUT2D eigenvalue weighted by Gasteiger charge is -2.04. The van der Waals surface area contributed by atoms with Crippen LogP contribution in [-0.2, 0) is 0 Å². The van der Waals surface area contributed by atoms with E-state index >= 15 is 0 Å². The average Bonchev–Trinajstić information content (AvgIpc) is 2.65. The molecule has 0 aliphatic carbocycles. The van der Waals surface area contributed by atoms with Crippen LogP contribution in [0.3, 0.4) is 0 Å². The van der Waals surface area contributed by atoms with Crippen LogP contribution in [0.5, 0.6) is 0 Å². The molecule has 1 aromatic rings. The first-order chi connectivity index (χ1) is 7.28. The average molecular weight is 285 g/mol. The number of benzene rings is 1. The van der Waals surface area contributed by atoms with Crippen molar-refractivity contribution in [3.63, 3.8) is 0 Å². The summed E-state index contributed by atoms with van der Waals surface area (Å²) in [5, 5.41) is 4.37. The molecule has 0 saturated carbocycles. The summed E-state index contributed by atoms with van der Waals surface area (Å²) in [5.41, 5.74) is 1.09. The number of thioether (sulfide) groups is 1. The lowest BCUT2D eigenvalue weighted by molar-refractivity contribution is 0.738. The van der Waals surface area contributed by atoms with Gasteiger partial charge in [-0.2, -0.15) is 0 Å². The summed E-state index contributed by atoms with van der Waals surface area (Å²) in [7, 11) is 0. The van der Waals surface area contributed by atoms with Gasteiger partial charge in [0, 0.05) is 15.9 Å². The molecule has 80 valence electrons. The third-order valence-corrected chi connectivity index (χ3v) is 3.79. The zero-order valence-electron chi connectivity index (χ0n) is 8.53. The Morgan fingerprint density at radius 2 is 2.47 bits per heavy atom. The van der Waals surface area contributed by atoms with Gasteiger partial charge >= 0.3 is 0 Å². The maximum absolute atomic E-state index is 4.58. The summed E-state index contributed by atoms with van der Waals surface area (Å²) >= 11 is 5.25. The van der Waals surface area contributed by atoms with Crippen LogP contribution in [0.2, 0.25) is 0 Å². The number of halogens is 1. The van der Waals surface area contributed by atoms with E-state index in [1.807, 2.05) is 18.2 Å². The maximum atomic E-state index is 4.58. The fourth-order valence-electron chi connectivity index (χ4n) is 1.38. The molecule has 0 aromatic heterocycles. The first-order valence-electron chi connectivity index (χ1n) is 5.01. The van der Waals surface area contributed by atoms with Crippen LogP contribution in [0.15, 0.2) is 33.7 Å². The largest absolute Gasteiger partial charge is 0.335 e. The van der Waals surface area contributed by atoms with Crippen molar-refractivity contribution < 1.29 is 0 Å². The molecule has 1 aliphatic heterocycles. The lowest BCUT2D eigenvalue weighted by Crippen LogP contribution is -2.05. The van der Waals surface area contributed by atoms with Crippen molar-refractivity contribution >= 4 is 38.5 Å². The lowest BCUT2D eigenvalue weighted by atomic mass is 10.3. The molecule has 1 N–H and O–H groups in total. The molecule has 0 saturated heterocycles. The van der Waals surface area contributed by atoms with Crippen LogP contribution >= 0.6 is 27.7 Å². The molecule has 1 aromatic carbocycles. The molecular formula is C11H13BrN2S. The summed E-state index contributed by atoms with van der Waals surface area (Å²) in [6, 6.07) is 8.63. The predicted octanol–water partition coefficient (Wildman–Crippen LogP) is 3.74. The SMILES string of the molecule is CCC1CSC(Nc2cccc(Br)c2)=N1. The van der Waals surface area contributed by atoms with Gasteiger partial charge in [-0.1, -0.05) is 40.7 Å². The van der Waals surface area contributed by atoms with Gasteiger partial charge in [0.25, 0.3) is 0 Å². The fourth-order valence-corrected chi connectivity index (χ4v) is 2.86. The molecule has 4 heteroatoms. The number of hydrogen-bond donors (Lipinski definition) is 1. The van der Waals surface area contributed by atoms with Crippen molar-refractivity contribution in [2.75, 3.05) is 11.1 Å². The Hall–Kier alpha value is -0.480. The molecular weight excluding hydrogens is 272 g/mol. The van der Waals surface area contributed by atoms with E-state index in [0.717, 1.165) is 27.5 Å². The predicted molar refractivity (Wildman–Crippen MR) is 71.7 cm³/mol. The zero-order valence-corrected chi connectivity index (χ0v) is 10.9. The number of nitrogens with one attached hydrogen (secondary N) is 1. The van der Waals surface area contributed by atoms with Gasteiger partial charge in [0.05, 0.1) is 6.04 Å². The Kier molecular flexibility index (Phi) is 3.70. The van der Waals surface area contributed by atoms with Crippen LogP contribution in [0.25, 0.3) is 0 Å². The van der Waals surface area contributed by atoms with E-state index in [-0.39, 0.29) is 0 Å². The van der Waals surface area contributed by atoms with Gasteiger partial charge in [-0.15, -0.1) is 0 Å². The fraction of sp³-hybridized carbons (Fsp3) is 0.364. The number of aliphatic imine (C=N–C) groups is 1. The Morgan fingerprint density at radius 3 is 3.13 bits per heavy atom. The highest BCUT2D eigenvalue weighted by atomic mass is 79.9. The van der Waals surface area contributed by atoms with Gasteiger partial charge in [-0.05, 0) is 24.6 Å². The van der Waals surface area contributed by atoms with Crippen molar-refractivity contribution in [1.82, 2.24) is 0 Å². The monoisotopic (exact) mass is 284 g/mol. The number of anilines is 1. The van der Waals surface area contributed by atoms with Gasteiger partial charge in [0.15, 0.2) is 5.17 Å². The summed E-state index contributed by atoms with van der Waals surface area (Å²) in [5.74, 6) is 1.10. The molecule has 1 unspecified atom stereocenters. The minimum atomic E-state index is 0.490. The van der Waals surface area contributed by atoms with Crippen molar-refractivity contribution in [3.05, 3.63) is 28.7 Å². The van der Waals surface area contributed by atoms with Crippen LogP contribution in [0.4, 0.5) is 5.69 Å². The summed E-state index contributed by atoms with van der Waals surface area (Å²) in [4.78, 5) is 4.58. The van der Waals surface area contributed by atoms with E-state index < -0.39 is 0 Å². The molecule has 15 heavy (non-hydrogen) atoms. The standard InChI is InChI=1S/C11H13BrN2S/c1-2-9-7-15-11(13-9)14-10-5-3-4-8(12)6-10/h3-6,9H,2,7H2,1H3,(H,13,14). The Balaban J connectivity index is 2.03. The molecule has 1 heterocycles. The third kappa shape index (κ3) is 2.98. The molecule has 0 amide bonds. The highest BCUT2D eigenvalue weighted by molar-refractivity contribution is 9.10. The highest BCUT2D eigenvalue weighted by Gasteiger charge is 2.16. The second kappa shape index (κ2) is 5.03. The first-order valence-corrected chi connectivity index (χ1v) is 6.79. The quantitative estimate of drug-likeness (QED) is 0.895. The van der Waals surface area contributed by atoms with Gasteiger partial charge in [0.1, 0.15) is 0 Å². The first kappa shape index (κ1) is 11.0. The molecule has 2 rings (SSSR count). The van der Waals surface area contributed by atoms with Crippen LogP contribution in [-0.4, -0.2) is 17.0 Å². The smallest absolute Gasteiger partial charge is 0.161 e. The zero-order chi connectivity index (χ0) is 10.7. The summed E-state index contributed by atoms with van der Waals surface area (Å²) in [6.07, 6.45) is 1.12. The topological polar surface area (TPSA) is 24.4 Å². The van der Waals surface area contributed by atoms with E-state index in [4.69, 9.17) is 0 Å². The molecule has 2 nitrogen and oxygen atoms in total. The van der Waals surface area contributed by atoms with Gasteiger partial charge in [-0.3, -0.25) is 4.99 Å². The number of hydrogen-bond acceptors (Lipinski definition) is 3. The molecule has 0 radical (unpaired) electrons. The second-order valence-corrected chi connectivity index (χ2v) is 5.37. The Bertz CT molecular complexity index is 379. The second-order valence-electron chi connectivity index (χ2n) is 3.44. The van der Waals surface area contributed by atoms with Crippen LogP contribution in [0.1, 0.15) is 13.3 Å². The number of nitrogens with zero attached hydrogens (tertiary/aromatic N) is 1. The number of amidine groups is 1. The van der Waals surface area contributed by atoms with Crippen molar-refractivity contribution in [2.45, 2.75) is 19.4 Å². The highest BCUT2D eigenvalue weighted by Crippen LogP contribution is 2.23. The van der Waals surface area contributed by atoms with E-state index in [0.29, 0.717) is 6.04 Å². The molecule has 1 aliphatic rings. The molecule has 0 fully saturated rings. The van der Waals surface area contributed by atoms with Crippen LogP contribution < -0.4 is 5.32 Å². The minimum absolute atomic E-state index is 0.490. The van der Waals surface area contributed by atoms with Crippen molar-refractivity contribution in [3.8, 4) is 0 Å². The molecule has 0 spiro atoms. The minimum Gasteiger partial charge on any atom is -0.335 e. The number of rotatable bonds is 2. The third-order valence-electron chi connectivity index (χ3n) is 2.26.